The van der Waals surface area contributed by atoms with Gasteiger partial charge in [-0.1, -0.05) is 30.3 Å². The first-order valence-electron chi connectivity index (χ1n) is 10.4. The average molecular weight is 402 g/mol. The second kappa shape index (κ2) is 9.55. The van der Waals surface area contributed by atoms with Crippen molar-refractivity contribution in [2.75, 3.05) is 19.0 Å². The summed E-state index contributed by atoms with van der Waals surface area (Å²) in [6.07, 6.45) is 3.93. The lowest BCUT2D eigenvalue weighted by atomic mass is 9.98. The molecule has 0 radical (unpaired) electrons. The lowest BCUT2D eigenvalue weighted by molar-refractivity contribution is -0.116. The molecule has 4 rings (SSSR count). The molecule has 1 aliphatic rings. The molecule has 1 aromatic heterocycles. The Labute approximate surface area is 177 Å². The van der Waals surface area contributed by atoms with Crippen molar-refractivity contribution in [3.63, 3.8) is 0 Å². The lowest BCUT2D eigenvalue weighted by Crippen LogP contribution is -2.30. The zero-order valence-electron chi connectivity index (χ0n) is 17.3. The summed E-state index contributed by atoms with van der Waals surface area (Å²) in [6, 6.07) is 20.1. The second-order valence-electron chi connectivity index (χ2n) is 7.63. The highest BCUT2D eigenvalue weighted by Crippen LogP contribution is 2.24. The van der Waals surface area contributed by atoms with Crippen molar-refractivity contribution in [1.82, 2.24) is 9.88 Å². The number of ether oxygens (including phenoxy) is 1. The Bertz CT molecular complexity index is 1000. The summed E-state index contributed by atoms with van der Waals surface area (Å²) in [7, 11) is 1.66. The van der Waals surface area contributed by atoms with E-state index in [9.17, 15) is 4.79 Å². The number of hydrogen-bond acceptors (Lipinski definition) is 4. The van der Waals surface area contributed by atoms with Crippen LogP contribution in [0.15, 0.2) is 66.9 Å². The molecule has 0 spiro atoms. The number of nitrogens with zero attached hydrogens (tertiary/aromatic N) is 2. The first-order chi connectivity index (χ1) is 14.7. The standard InChI is InChI=1S/C25H27N3O2/c1-30-24-8-3-2-6-20(24)10-12-25(29)27-22-11-9-19-13-15-28(17-21(19)16-22)18-23-7-4-5-14-26-23/h2-9,11,14,16H,10,12-13,15,17-18H2,1H3,(H,27,29). The largest absolute Gasteiger partial charge is 0.496 e. The van der Waals surface area contributed by atoms with E-state index in [4.69, 9.17) is 4.74 Å². The summed E-state index contributed by atoms with van der Waals surface area (Å²) >= 11 is 0. The molecule has 2 heterocycles. The van der Waals surface area contributed by atoms with Crippen LogP contribution in [0.25, 0.3) is 0 Å². The molecule has 0 bridgehead atoms. The minimum Gasteiger partial charge on any atom is -0.496 e. The van der Waals surface area contributed by atoms with Gasteiger partial charge < -0.3 is 10.1 Å². The number of nitrogens with one attached hydrogen (secondary N) is 1. The molecular weight excluding hydrogens is 374 g/mol. The summed E-state index contributed by atoms with van der Waals surface area (Å²) < 4.78 is 5.37. The highest BCUT2D eigenvalue weighted by molar-refractivity contribution is 5.91. The Morgan fingerprint density at radius 1 is 1.10 bits per heavy atom. The van der Waals surface area contributed by atoms with Gasteiger partial charge in [-0.25, -0.2) is 0 Å². The molecule has 0 saturated carbocycles. The first-order valence-corrected chi connectivity index (χ1v) is 10.4. The Morgan fingerprint density at radius 3 is 2.80 bits per heavy atom. The Hall–Kier alpha value is -3.18. The minimum atomic E-state index is 0.0157. The van der Waals surface area contributed by atoms with Crippen molar-refractivity contribution < 1.29 is 9.53 Å². The van der Waals surface area contributed by atoms with Crippen LogP contribution >= 0.6 is 0 Å². The number of pyridine rings is 1. The lowest BCUT2D eigenvalue weighted by Gasteiger charge is -2.28. The van der Waals surface area contributed by atoms with E-state index in [1.807, 2.05) is 48.7 Å². The molecule has 0 unspecified atom stereocenters. The zero-order chi connectivity index (χ0) is 20.8. The molecule has 154 valence electrons. The van der Waals surface area contributed by atoms with Gasteiger partial charge in [0.15, 0.2) is 0 Å². The van der Waals surface area contributed by atoms with Crippen molar-refractivity contribution >= 4 is 11.6 Å². The van der Waals surface area contributed by atoms with Gasteiger partial charge in [-0.05, 0) is 59.9 Å². The SMILES string of the molecule is COc1ccccc1CCC(=O)Nc1ccc2c(c1)CN(Cc1ccccn1)CC2. The fourth-order valence-electron chi connectivity index (χ4n) is 3.93. The van der Waals surface area contributed by atoms with E-state index >= 15 is 0 Å². The summed E-state index contributed by atoms with van der Waals surface area (Å²) in [5, 5.41) is 3.05. The van der Waals surface area contributed by atoms with Gasteiger partial charge in [0, 0.05) is 37.9 Å². The normalized spacial score (nSPS) is 13.5. The zero-order valence-corrected chi connectivity index (χ0v) is 17.3. The molecule has 1 N–H and O–H groups in total. The quantitative estimate of drug-likeness (QED) is 0.644. The third-order valence-electron chi connectivity index (χ3n) is 5.51. The monoisotopic (exact) mass is 401 g/mol. The number of rotatable bonds is 7. The van der Waals surface area contributed by atoms with Gasteiger partial charge in [0.1, 0.15) is 5.75 Å². The minimum absolute atomic E-state index is 0.0157. The molecule has 0 saturated heterocycles. The molecule has 30 heavy (non-hydrogen) atoms. The number of anilines is 1. The van der Waals surface area contributed by atoms with Gasteiger partial charge in [-0.2, -0.15) is 0 Å². The van der Waals surface area contributed by atoms with Gasteiger partial charge in [0.05, 0.1) is 12.8 Å². The van der Waals surface area contributed by atoms with Crippen LogP contribution in [0.3, 0.4) is 0 Å². The number of aryl methyl sites for hydroxylation is 1. The predicted molar refractivity (Wildman–Crippen MR) is 118 cm³/mol. The predicted octanol–water partition coefficient (Wildman–Crippen LogP) is 4.22. The molecule has 1 amide bonds. The van der Waals surface area contributed by atoms with Crippen molar-refractivity contribution in [1.29, 1.82) is 0 Å². The van der Waals surface area contributed by atoms with Crippen molar-refractivity contribution in [3.8, 4) is 5.75 Å². The fourth-order valence-corrected chi connectivity index (χ4v) is 3.93. The van der Waals surface area contributed by atoms with Gasteiger partial charge >= 0.3 is 0 Å². The van der Waals surface area contributed by atoms with Gasteiger partial charge in [-0.3, -0.25) is 14.7 Å². The number of methoxy groups -OCH3 is 1. The van der Waals surface area contributed by atoms with Crippen LogP contribution in [0.5, 0.6) is 5.75 Å². The number of carbonyl (C=O) groups is 1. The summed E-state index contributed by atoms with van der Waals surface area (Å²) in [5.41, 5.74) is 5.63. The van der Waals surface area contributed by atoms with Crippen molar-refractivity contribution in [2.45, 2.75) is 32.4 Å². The van der Waals surface area contributed by atoms with E-state index in [-0.39, 0.29) is 5.91 Å². The van der Waals surface area contributed by atoms with E-state index in [0.29, 0.717) is 12.8 Å². The van der Waals surface area contributed by atoms with Crippen LogP contribution in [-0.2, 0) is 30.7 Å². The molecule has 0 aliphatic carbocycles. The maximum Gasteiger partial charge on any atom is 0.224 e. The summed E-state index contributed by atoms with van der Waals surface area (Å²) in [6.45, 7) is 2.74. The molecule has 0 fully saturated rings. The smallest absolute Gasteiger partial charge is 0.224 e. The molecule has 0 atom stereocenters. The van der Waals surface area contributed by atoms with Crippen LogP contribution in [0.2, 0.25) is 0 Å². The Balaban J connectivity index is 1.35. The number of carbonyl (C=O) groups excluding carboxylic acids is 1. The third-order valence-corrected chi connectivity index (χ3v) is 5.51. The molecule has 3 aromatic rings. The number of benzene rings is 2. The number of amides is 1. The van der Waals surface area contributed by atoms with Gasteiger partial charge in [0.2, 0.25) is 5.91 Å². The van der Waals surface area contributed by atoms with Gasteiger partial charge in [0.25, 0.3) is 0 Å². The van der Waals surface area contributed by atoms with E-state index in [1.165, 1.54) is 11.1 Å². The Kier molecular flexibility index (Phi) is 6.40. The maximum atomic E-state index is 12.5. The van der Waals surface area contributed by atoms with E-state index in [1.54, 1.807) is 7.11 Å². The van der Waals surface area contributed by atoms with E-state index in [2.05, 4.69) is 33.4 Å². The molecular formula is C25H27N3O2. The van der Waals surface area contributed by atoms with Crippen LogP contribution in [0.1, 0.15) is 28.8 Å². The average Bonchev–Trinajstić information content (AvgIpc) is 2.78. The Morgan fingerprint density at radius 2 is 1.97 bits per heavy atom. The van der Waals surface area contributed by atoms with Crippen molar-refractivity contribution in [3.05, 3.63) is 89.2 Å². The second-order valence-corrected chi connectivity index (χ2v) is 7.63. The molecule has 5 heteroatoms. The highest BCUT2D eigenvalue weighted by Gasteiger charge is 2.17. The van der Waals surface area contributed by atoms with Crippen LogP contribution in [-0.4, -0.2) is 29.4 Å². The van der Waals surface area contributed by atoms with E-state index < -0.39 is 0 Å². The number of para-hydroxylation sites is 1. The number of aromatic nitrogens is 1. The fraction of sp³-hybridized carbons (Fsp3) is 0.280. The van der Waals surface area contributed by atoms with Crippen LogP contribution < -0.4 is 10.1 Å². The molecule has 2 aromatic carbocycles. The van der Waals surface area contributed by atoms with Crippen LogP contribution in [0.4, 0.5) is 5.69 Å². The first kappa shape index (κ1) is 20.1. The number of hydrogen-bond donors (Lipinski definition) is 1. The van der Waals surface area contributed by atoms with Crippen molar-refractivity contribution in [2.24, 2.45) is 0 Å². The molecule has 5 nitrogen and oxygen atoms in total. The summed E-state index contributed by atoms with van der Waals surface area (Å²) in [4.78, 5) is 19.3. The van der Waals surface area contributed by atoms with Crippen LogP contribution in [0, 0.1) is 0 Å². The van der Waals surface area contributed by atoms with E-state index in [0.717, 1.165) is 48.7 Å². The number of fused-ring (bicyclic) bond motifs is 1. The van der Waals surface area contributed by atoms with Gasteiger partial charge in [-0.15, -0.1) is 0 Å². The maximum absolute atomic E-state index is 12.5. The molecule has 1 aliphatic heterocycles. The summed E-state index contributed by atoms with van der Waals surface area (Å²) in [5.74, 6) is 0.842. The third kappa shape index (κ3) is 5.05. The highest BCUT2D eigenvalue weighted by atomic mass is 16.5. The topological polar surface area (TPSA) is 54.5 Å².